The van der Waals surface area contributed by atoms with Gasteiger partial charge in [-0.3, -0.25) is 9.59 Å². The number of aliphatic hydroxyl groups excluding tert-OH is 1. The van der Waals surface area contributed by atoms with E-state index in [2.05, 4.69) is 13.8 Å². The molecule has 0 aromatic heterocycles. The summed E-state index contributed by atoms with van der Waals surface area (Å²) < 4.78 is 5.89. The predicted molar refractivity (Wildman–Crippen MR) is 156 cm³/mol. The number of hydrogen-bond donors (Lipinski definition) is 2. The summed E-state index contributed by atoms with van der Waals surface area (Å²) in [5, 5.41) is 21.4. The van der Waals surface area contributed by atoms with Crippen molar-refractivity contribution >= 4 is 11.7 Å². The lowest BCUT2D eigenvalue weighted by Crippen LogP contribution is -2.57. The molecule has 222 valence electrons. The molecule has 2 N–H and O–H groups in total. The molecular formula is C34H51NO5. The van der Waals surface area contributed by atoms with Crippen molar-refractivity contribution in [1.29, 1.82) is 0 Å². The first-order valence-electron chi connectivity index (χ1n) is 15.9. The molecule has 0 radical (unpaired) electrons. The number of phenols is 1. The van der Waals surface area contributed by atoms with Gasteiger partial charge in [0, 0.05) is 39.4 Å². The van der Waals surface area contributed by atoms with Crippen LogP contribution in [-0.4, -0.2) is 53.6 Å². The lowest BCUT2D eigenvalue weighted by molar-refractivity contribution is -0.156. The first kappa shape index (κ1) is 29.4. The molecule has 0 aliphatic heterocycles. The maximum absolute atomic E-state index is 12.5. The molecule has 6 nitrogen and oxygen atoms in total. The van der Waals surface area contributed by atoms with Gasteiger partial charge in [-0.15, -0.1) is 0 Å². The fraction of sp³-hybridized carbons (Fsp3) is 0.765. The number of aryl methyl sites for hydroxylation is 1. The number of aromatic hydroxyl groups is 1. The van der Waals surface area contributed by atoms with Gasteiger partial charge in [-0.05, 0) is 122 Å². The van der Waals surface area contributed by atoms with E-state index in [0.717, 1.165) is 69.8 Å². The van der Waals surface area contributed by atoms with E-state index >= 15 is 0 Å². The van der Waals surface area contributed by atoms with Crippen LogP contribution >= 0.6 is 0 Å². The molecule has 0 spiro atoms. The van der Waals surface area contributed by atoms with Gasteiger partial charge in [0.2, 0.25) is 5.91 Å². The van der Waals surface area contributed by atoms with Crippen LogP contribution in [0.2, 0.25) is 0 Å². The maximum Gasteiger partial charge on any atom is 0.222 e. The first-order chi connectivity index (χ1) is 19.0. The number of rotatable bonds is 9. The van der Waals surface area contributed by atoms with Gasteiger partial charge in [-0.1, -0.05) is 13.8 Å². The van der Waals surface area contributed by atoms with Gasteiger partial charge >= 0.3 is 0 Å². The Morgan fingerprint density at radius 2 is 1.82 bits per heavy atom. The van der Waals surface area contributed by atoms with E-state index in [1.807, 2.05) is 12.1 Å². The highest BCUT2D eigenvalue weighted by atomic mass is 16.5. The van der Waals surface area contributed by atoms with Crippen LogP contribution < -0.4 is 4.74 Å². The number of Topliss-reactive ketones (excluding diaryl/α,β-unsaturated/α-hetero) is 1. The number of carbonyl (C=O) groups excluding carboxylic acids is 2. The summed E-state index contributed by atoms with van der Waals surface area (Å²) in [5.41, 5.74) is 1.38. The fourth-order valence-corrected chi connectivity index (χ4v) is 9.57. The van der Waals surface area contributed by atoms with Crippen molar-refractivity contribution in [2.75, 3.05) is 20.7 Å². The molecule has 1 aromatic carbocycles. The number of carbonyl (C=O) groups is 2. The van der Waals surface area contributed by atoms with Crippen LogP contribution in [0, 0.1) is 40.4 Å². The van der Waals surface area contributed by atoms with Gasteiger partial charge in [-0.2, -0.15) is 0 Å². The number of ether oxygens (including phenoxy) is 1. The Balaban J connectivity index is 1.25. The van der Waals surface area contributed by atoms with Gasteiger partial charge in [0.25, 0.3) is 0 Å². The minimum absolute atomic E-state index is 0.0434. The number of nitrogens with zero attached hydrogens (tertiary/aromatic N) is 1. The number of amides is 1. The van der Waals surface area contributed by atoms with Gasteiger partial charge in [0.15, 0.2) is 0 Å². The number of benzene rings is 1. The predicted octanol–water partition coefficient (Wildman–Crippen LogP) is 6.16. The maximum atomic E-state index is 12.5. The molecule has 1 amide bonds. The third kappa shape index (κ3) is 5.67. The highest BCUT2D eigenvalue weighted by Gasteiger charge is 2.62. The fourth-order valence-electron chi connectivity index (χ4n) is 9.57. The average Bonchev–Trinajstić information content (AvgIpc) is 3.21. The van der Waals surface area contributed by atoms with Crippen LogP contribution in [0.1, 0.15) is 96.5 Å². The summed E-state index contributed by atoms with van der Waals surface area (Å²) in [6.07, 6.45) is 12.1. The lowest BCUT2D eigenvalue weighted by Gasteiger charge is -2.62. The number of aliphatic hydroxyl groups is 1. The van der Waals surface area contributed by atoms with E-state index in [4.69, 9.17) is 4.74 Å². The number of phenolic OH excluding ortho intramolecular Hbond substituents is 1. The molecule has 4 aliphatic carbocycles. The van der Waals surface area contributed by atoms with E-state index in [1.165, 1.54) is 6.42 Å². The van der Waals surface area contributed by atoms with E-state index in [-0.39, 0.29) is 28.6 Å². The standard InChI is InChI=1S/C34H51NO5/c1-33-14-12-25(36)20-24(33)19-23(32-28-10-11-30(38)34(28,2)15-13-29(32)33)8-5-7-22-17-26(37)21-27(18-22)40-16-6-9-31(39)35(3)4/h17-18,21,23-24,28-30,32,37-38H,5-16,19-20H2,1-4H3/t23-,24+,28+,29+,30+,32+,33+,34+/m1/s1. The molecule has 1 aromatic rings. The summed E-state index contributed by atoms with van der Waals surface area (Å²) in [4.78, 5) is 25.9. The first-order valence-corrected chi connectivity index (χ1v) is 15.9. The number of fused-ring (bicyclic) bond motifs is 5. The monoisotopic (exact) mass is 553 g/mol. The van der Waals surface area contributed by atoms with Gasteiger partial charge in [-0.25, -0.2) is 0 Å². The Hall–Kier alpha value is -2.08. The SMILES string of the molecule is CN(C)C(=O)CCCOc1cc(O)cc(CCC[C@@H]2C[C@H]3CC(=O)CC[C@]3(C)[C@H]3CC[C@]4(C)[C@@H](O)CC[C@H]4[C@H]23)c1. The van der Waals surface area contributed by atoms with Gasteiger partial charge in [0.1, 0.15) is 17.3 Å². The molecular weight excluding hydrogens is 502 g/mol. The second kappa shape index (κ2) is 11.7. The van der Waals surface area contributed by atoms with Crippen molar-refractivity contribution < 1.29 is 24.5 Å². The third-order valence-electron chi connectivity index (χ3n) is 11.9. The van der Waals surface area contributed by atoms with Crippen molar-refractivity contribution in [3.05, 3.63) is 23.8 Å². The average molecular weight is 554 g/mol. The molecule has 5 rings (SSSR count). The quantitative estimate of drug-likeness (QED) is 0.358. The summed E-state index contributed by atoms with van der Waals surface area (Å²) in [7, 11) is 3.52. The van der Waals surface area contributed by atoms with Gasteiger partial charge < -0.3 is 19.8 Å². The second-order valence-electron chi connectivity index (χ2n) is 14.3. The molecule has 0 saturated heterocycles. The minimum atomic E-state index is -0.177. The van der Waals surface area contributed by atoms with Gasteiger partial charge in [0.05, 0.1) is 12.7 Å². The Bertz CT molecular complexity index is 1090. The Morgan fingerprint density at radius 3 is 2.60 bits per heavy atom. The van der Waals surface area contributed by atoms with Crippen LogP contribution in [0.5, 0.6) is 11.5 Å². The molecule has 6 heteroatoms. The molecule has 4 saturated carbocycles. The van der Waals surface area contributed by atoms with Crippen LogP contribution in [0.3, 0.4) is 0 Å². The Morgan fingerprint density at radius 1 is 1.05 bits per heavy atom. The Labute approximate surface area is 240 Å². The zero-order valence-electron chi connectivity index (χ0n) is 25.2. The highest BCUT2D eigenvalue weighted by molar-refractivity contribution is 5.79. The van der Waals surface area contributed by atoms with E-state index in [0.29, 0.717) is 60.6 Å². The van der Waals surface area contributed by atoms with E-state index in [9.17, 15) is 19.8 Å². The lowest BCUT2D eigenvalue weighted by atomic mass is 9.42. The van der Waals surface area contributed by atoms with E-state index in [1.54, 1.807) is 25.1 Å². The summed E-state index contributed by atoms with van der Waals surface area (Å²) in [5.74, 6) is 4.39. The molecule has 8 atom stereocenters. The van der Waals surface area contributed by atoms with Crippen molar-refractivity contribution in [2.24, 2.45) is 40.4 Å². The molecule has 4 aliphatic rings. The summed E-state index contributed by atoms with van der Waals surface area (Å²) in [6, 6.07) is 5.52. The second-order valence-corrected chi connectivity index (χ2v) is 14.3. The zero-order valence-corrected chi connectivity index (χ0v) is 25.2. The molecule has 0 unspecified atom stereocenters. The molecule has 4 fully saturated rings. The van der Waals surface area contributed by atoms with Crippen molar-refractivity contribution in [2.45, 2.75) is 103 Å². The molecule has 0 heterocycles. The molecule has 0 bridgehead atoms. The minimum Gasteiger partial charge on any atom is -0.508 e. The number of ketones is 1. The molecule has 40 heavy (non-hydrogen) atoms. The normalized spacial score (nSPS) is 36.9. The third-order valence-corrected chi connectivity index (χ3v) is 11.9. The van der Waals surface area contributed by atoms with E-state index < -0.39 is 0 Å². The number of hydrogen-bond acceptors (Lipinski definition) is 5. The zero-order chi connectivity index (χ0) is 28.7. The Kier molecular flexibility index (Phi) is 8.57. The summed E-state index contributed by atoms with van der Waals surface area (Å²) in [6.45, 7) is 5.29. The van der Waals surface area contributed by atoms with Crippen LogP contribution in [0.4, 0.5) is 0 Å². The topological polar surface area (TPSA) is 87.1 Å². The van der Waals surface area contributed by atoms with Crippen LogP contribution in [0.15, 0.2) is 18.2 Å². The largest absolute Gasteiger partial charge is 0.508 e. The van der Waals surface area contributed by atoms with Crippen LogP contribution in [-0.2, 0) is 16.0 Å². The van der Waals surface area contributed by atoms with Crippen molar-refractivity contribution in [1.82, 2.24) is 4.90 Å². The van der Waals surface area contributed by atoms with Crippen molar-refractivity contribution in [3.8, 4) is 11.5 Å². The van der Waals surface area contributed by atoms with Crippen molar-refractivity contribution in [3.63, 3.8) is 0 Å². The van der Waals surface area contributed by atoms with Crippen LogP contribution in [0.25, 0.3) is 0 Å². The summed E-state index contributed by atoms with van der Waals surface area (Å²) >= 11 is 0. The smallest absolute Gasteiger partial charge is 0.222 e. The highest BCUT2D eigenvalue weighted by Crippen LogP contribution is 2.67.